The number of methoxy groups -OCH3 is 1. The number of hydrogen-bond donors (Lipinski definition) is 1. The molecule has 1 aliphatic heterocycles. The van der Waals surface area contributed by atoms with E-state index in [2.05, 4.69) is 4.98 Å². The molecule has 2 aromatic heterocycles. The molecule has 0 atom stereocenters. The van der Waals surface area contributed by atoms with Crippen LogP contribution in [0.25, 0.3) is 32.5 Å². The number of aromatic nitrogens is 1. The van der Waals surface area contributed by atoms with Crippen molar-refractivity contribution in [3.8, 4) is 28.1 Å². The van der Waals surface area contributed by atoms with Crippen LogP contribution >= 0.6 is 23.6 Å². The van der Waals surface area contributed by atoms with Crippen molar-refractivity contribution >= 4 is 44.7 Å². The molecule has 0 bridgehead atoms. The summed E-state index contributed by atoms with van der Waals surface area (Å²) >= 11 is 6.37. The maximum atomic E-state index is 15.5. The van der Waals surface area contributed by atoms with Gasteiger partial charge in [-0.25, -0.2) is 22.9 Å². The molecular weight excluding hydrogens is 599 g/mol. The van der Waals surface area contributed by atoms with Gasteiger partial charge in [0.2, 0.25) is 0 Å². The van der Waals surface area contributed by atoms with E-state index in [1.807, 2.05) is 32.9 Å². The van der Waals surface area contributed by atoms with Gasteiger partial charge < -0.3 is 24.8 Å². The number of carbonyl (C=O) groups excluding carboxylic acids is 1. The fraction of sp³-hybridized carbons (Fsp3) is 0.323. The Hall–Kier alpha value is -3.74. The Labute approximate surface area is 256 Å². The highest BCUT2D eigenvalue weighted by molar-refractivity contribution is 7.80. The van der Waals surface area contributed by atoms with Gasteiger partial charge >= 0.3 is 6.09 Å². The first-order valence-electron chi connectivity index (χ1n) is 13.5. The third-order valence-electron chi connectivity index (χ3n) is 6.86. The molecule has 2 aromatic carbocycles. The molecule has 1 aliphatic rings. The number of hydrogen-bond acceptors (Lipinski definition) is 7. The van der Waals surface area contributed by atoms with Crippen LogP contribution < -0.4 is 10.5 Å². The molecule has 226 valence electrons. The third kappa shape index (κ3) is 6.31. The van der Waals surface area contributed by atoms with Gasteiger partial charge in [0.1, 0.15) is 46.1 Å². The summed E-state index contributed by atoms with van der Waals surface area (Å²) in [4.78, 5) is 18.8. The van der Waals surface area contributed by atoms with Crippen molar-refractivity contribution in [1.29, 1.82) is 0 Å². The van der Waals surface area contributed by atoms with Gasteiger partial charge in [0.25, 0.3) is 0 Å². The number of thiocarbonyl (C=S) groups is 1. The van der Waals surface area contributed by atoms with Crippen LogP contribution in [0.15, 0.2) is 35.7 Å². The zero-order chi connectivity index (χ0) is 31.1. The van der Waals surface area contributed by atoms with E-state index in [1.165, 1.54) is 12.5 Å². The number of halogens is 3. The fourth-order valence-electron chi connectivity index (χ4n) is 5.02. The lowest BCUT2D eigenvalue weighted by molar-refractivity contribution is 0.0224. The largest absolute Gasteiger partial charge is 0.490 e. The van der Waals surface area contributed by atoms with Gasteiger partial charge in [-0.15, -0.1) is 11.3 Å². The molecule has 12 heteroatoms. The second-order valence-electron chi connectivity index (χ2n) is 11.1. The van der Waals surface area contributed by atoms with Crippen LogP contribution in [0.3, 0.4) is 0 Å². The molecular formula is C31H30F3N3O4S2. The standard InChI is InChI=1S/C31H30F3N3O4S2/c1-31(2,3)41-30(38)37-8-7-16-11-17(5-6-18(16)14-37)26-24-21(34)15-43-28(24)25(27(36-26)29(35)42)23-20(33)12-19(32)13-22(23)40-10-9-39-4/h5-6,11-13,15H,7-10,14H2,1-4H3,(H2,35,42). The normalized spacial score (nSPS) is 13.2. The summed E-state index contributed by atoms with van der Waals surface area (Å²) < 4.78 is 61.8. The molecule has 0 saturated carbocycles. The Morgan fingerprint density at radius 1 is 1.09 bits per heavy atom. The Bertz CT molecular complexity index is 1740. The van der Waals surface area contributed by atoms with Crippen LogP contribution in [-0.2, 0) is 22.4 Å². The Kier molecular flexibility index (Phi) is 8.64. The predicted octanol–water partition coefficient (Wildman–Crippen LogP) is 7.00. The van der Waals surface area contributed by atoms with E-state index in [1.54, 1.807) is 11.0 Å². The third-order valence-corrected chi connectivity index (χ3v) is 8.02. The van der Waals surface area contributed by atoms with Crippen LogP contribution in [-0.4, -0.2) is 53.4 Å². The SMILES string of the molecule is COCCOc1cc(F)cc(F)c1-c1c(C(N)=S)nc(-c2ccc3c(c2)CCN(C(=O)OC(C)(C)C)C3)c2c(F)csc12. The van der Waals surface area contributed by atoms with Crippen molar-refractivity contribution < 1.29 is 32.2 Å². The second-order valence-corrected chi connectivity index (χ2v) is 12.4. The molecule has 0 radical (unpaired) electrons. The number of nitrogens with zero attached hydrogens (tertiary/aromatic N) is 2. The summed E-state index contributed by atoms with van der Waals surface area (Å²) in [6, 6.07) is 7.33. The smallest absolute Gasteiger partial charge is 0.410 e. The number of benzene rings is 2. The molecule has 0 unspecified atom stereocenters. The van der Waals surface area contributed by atoms with Crippen LogP contribution in [0.2, 0.25) is 0 Å². The van der Waals surface area contributed by atoms with Gasteiger partial charge in [-0.2, -0.15) is 0 Å². The molecule has 7 nitrogen and oxygen atoms in total. The van der Waals surface area contributed by atoms with Crippen LogP contribution in [0.1, 0.15) is 37.6 Å². The average Bonchev–Trinajstić information content (AvgIpc) is 3.32. The van der Waals surface area contributed by atoms with Gasteiger partial charge in [-0.05, 0) is 44.4 Å². The first kappa shape index (κ1) is 30.7. The monoisotopic (exact) mass is 629 g/mol. The molecule has 0 spiro atoms. The van der Waals surface area contributed by atoms with E-state index in [4.69, 9.17) is 32.2 Å². The van der Waals surface area contributed by atoms with E-state index in [-0.39, 0.29) is 57.9 Å². The predicted molar refractivity (Wildman–Crippen MR) is 164 cm³/mol. The fourth-order valence-corrected chi connectivity index (χ4v) is 6.13. The van der Waals surface area contributed by atoms with Crippen molar-refractivity contribution in [2.75, 3.05) is 26.9 Å². The van der Waals surface area contributed by atoms with Gasteiger partial charge in [0.15, 0.2) is 0 Å². The Morgan fingerprint density at radius 2 is 1.86 bits per heavy atom. The van der Waals surface area contributed by atoms with Crippen molar-refractivity contribution in [3.05, 3.63) is 70.0 Å². The van der Waals surface area contributed by atoms with Gasteiger partial charge in [0, 0.05) is 53.5 Å². The molecule has 1 amide bonds. The number of fused-ring (bicyclic) bond motifs is 2. The highest BCUT2D eigenvalue weighted by Crippen LogP contribution is 2.45. The Morgan fingerprint density at radius 3 is 2.56 bits per heavy atom. The second kappa shape index (κ2) is 12.1. The van der Waals surface area contributed by atoms with Crippen molar-refractivity contribution in [3.63, 3.8) is 0 Å². The van der Waals surface area contributed by atoms with E-state index < -0.39 is 23.1 Å². The number of pyridine rings is 1. The van der Waals surface area contributed by atoms with Crippen LogP contribution in [0.4, 0.5) is 18.0 Å². The number of rotatable bonds is 7. The van der Waals surface area contributed by atoms with Crippen molar-refractivity contribution in [1.82, 2.24) is 9.88 Å². The molecule has 0 fully saturated rings. The molecule has 0 aliphatic carbocycles. The van der Waals surface area contributed by atoms with Gasteiger partial charge in [-0.1, -0.05) is 24.4 Å². The summed E-state index contributed by atoms with van der Waals surface area (Å²) in [5, 5.41) is 1.45. The molecule has 3 heterocycles. The van der Waals surface area contributed by atoms with Gasteiger partial charge in [-0.3, -0.25) is 0 Å². The summed E-state index contributed by atoms with van der Waals surface area (Å²) in [6.07, 6.45) is 0.169. The lowest BCUT2D eigenvalue weighted by atomic mass is 9.94. The summed E-state index contributed by atoms with van der Waals surface area (Å²) in [7, 11) is 1.47. The summed E-state index contributed by atoms with van der Waals surface area (Å²) in [5.74, 6) is -2.45. The van der Waals surface area contributed by atoms with Crippen molar-refractivity contribution in [2.45, 2.75) is 39.3 Å². The first-order valence-corrected chi connectivity index (χ1v) is 14.8. The topological polar surface area (TPSA) is 86.9 Å². The highest BCUT2D eigenvalue weighted by Gasteiger charge is 2.29. The van der Waals surface area contributed by atoms with Crippen molar-refractivity contribution in [2.24, 2.45) is 5.73 Å². The molecule has 4 aromatic rings. The zero-order valence-corrected chi connectivity index (χ0v) is 25.7. The quantitative estimate of drug-likeness (QED) is 0.174. The lowest BCUT2D eigenvalue weighted by Gasteiger charge is -2.31. The molecule has 0 saturated heterocycles. The van der Waals surface area contributed by atoms with Gasteiger partial charge in [0.05, 0.1) is 23.3 Å². The highest BCUT2D eigenvalue weighted by atomic mass is 32.1. The summed E-state index contributed by atoms with van der Waals surface area (Å²) in [6.45, 7) is 6.47. The number of nitrogens with two attached hydrogens (primary N) is 1. The maximum Gasteiger partial charge on any atom is 0.410 e. The molecule has 43 heavy (non-hydrogen) atoms. The van der Waals surface area contributed by atoms with E-state index in [0.29, 0.717) is 29.8 Å². The van der Waals surface area contributed by atoms with E-state index in [9.17, 15) is 9.18 Å². The summed E-state index contributed by atoms with van der Waals surface area (Å²) in [5.41, 5.74) is 8.35. The average molecular weight is 630 g/mol. The van der Waals surface area contributed by atoms with E-state index >= 15 is 8.78 Å². The lowest BCUT2D eigenvalue weighted by Crippen LogP contribution is -2.39. The Balaban J connectivity index is 1.63. The minimum Gasteiger partial charge on any atom is -0.490 e. The number of carbonyl (C=O) groups is 1. The minimum absolute atomic E-state index is 0.0166. The number of ether oxygens (including phenoxy) is 3. The maximum absolute atomic E-state index is 15.5. The van der Waals surface area contributed by atoms with E-state index in [0.717, 1.165) is 34.6 Å². The zero-order valence-electron chi connectivity index (χ0n) is 24.1. The van der Waals surface area contributed by atoms with Crippen LogP contribution in [0, 0.1) is 17.5 Å². The number of amides is 1. The molecule has 5 rings (SSSR count). The van der Waals surface area contributed by atoms with Crippen LogP contribution in [0.5, 0.6) is 5.75 Å². The number of thiophene rings is 1. The minimum atomic E-state index is -0.933. The molecule has 2 N–H and O–H groups in total. The first-order chi connectivity index (χ1) is 20.4.